The summed E-state index contributed by atoms with van der Waals surface area (Å²) in [5.41, 5.74) is 1.41. The van der Waals surface area contributed by atoms with E-state index in [1.54, 1.807) is 93.1 Å². The van der Waals surface area contributed by atoms with Gasteiger partial charge in [-0.05, 0) is 78.0 Å². The lowest BCUT2D eigenvalue weighted by atomic mass is 9.96. The minimum absolute atomic E-state index is 0.156. The molecule has 3 aliphatic rings. The van der Waals surface area contributed by atoms with E-state index >= 15 is 0 Å². The van der Waals surface area contributed by atoms with E-state index in [1.165, 1.54) is 39.6 Å². The molecule has 0 aromatic heterocycles. The van der Waals surface area contributed by atoms with Gasteiger partial charge in [-0.1, -0.05) is 67.9 Å². The number of esters is 4. The molecule has 3 aliphatic heterocycles. The van der Waals surface area contributed by atoms with E-state index < -0.39 is 78.8 Å². The molecular formula is C47H55ClO14. The molecule has 0 aliphatic carbocycles. The molecule has 2 aromatic rings. The van der Waals surface area contributed by atoms with Crippen LogP contribution in [0.3, 0.4) is 0 Å². The summed E-state index contributed by atoms with van der Waals surface area (Å²) < 4.78 is 58.1. The monoisotopic (exact) mass is 878 g/mol. The molecule has 0 saturated carbocycles. The first-order chi connectivity index (χ1) is 29.8. The Morgan fingerprint density at radius 2 is 1.42 bits per heavy atom. The third kappa shape index (κ3) is 13.1. The third-order valence-corrected chi connectivity index (χ3v) is 11.1. The SMILES string of the molecule is COC(=O)C[C@@H](C)/C=C/[C@@H](OC)[C@@H]1O[C@@H]2C[C@@H]1OC(=O)[C@@H]1O[C@H](C[C@H]1C)[C@H](OC(=O)/C=C/c1ccc(OC)cc1)[C@H](OC(=O)/C=C/c1ccc(OC)cc1)C=C/C=C(\Cl)[C@H]2OC. The maximum absolute atomic E-state index is 14.1. The van der Waals surface area contributed by atoms with Gasteiger partial charge in [-0.2, -0.15) is 0 Å². The Morgan fingerprint density at radius 1 is 0.806 bits per heavy atom. The van der Waals surface area contributed by atoms with Crippen molar-refractivity contribution < 1.29 is 66.5 Å². The molecule has 2 saturated heterocycles. The summed E-state index contributed by atoms with van der Waals surface area (Å²) in [6.07, 6.45) is 6.14. The van der Waals surface area contributed by atoms with Crippen LogP contribution in [0.1, 0.15) is 44.2 Å². The number of fused-ring (bicyclic) bond motifs is 4. The second kappa shape index (κ2) is 23.3. The summed E-state index contributed by atoms with van der Waals surface area (Å²) in [4.78, 5) is 53.1. The Kier molecular flexibility index (Phi) is 17.9. The lowest BCUT2D eigenvalue weighted by Gasteiger charge is -2.29. The topological polar surface area (TPSA) is 161 Å². The highest BCUT2D eigenvalue weighted by atomic mass is 35.5. The summed E-state index contributed by atoms with van der Waals surface area (Å²) in [6, 6.07) is 14.1. The summed E-state index contributed by atoms with van der Waals surface area (Å²) in [5, 5.41) is 0.220. The molecule has 0 spiro atoms. The van der Waals surface area contributed by atoms with Gasteiger partial charge in [0.1, 0.15) is 42.0 Å². The van der Waals surface area contributed by atoms with Crippen molar-refractivity contribution in [2.45, 2.75) is 88.0 Å². The molecule has 2 aromatic carbocycles. The number of ether oxygens (including phenoxy) is 10. The van der Waals surface area contributed by atoms with Crippen LogP contribution in [0.25, 0.3) is 12.2 Å². The van der Waals surface area contributed by atoms with Crippen molar-refractivity contribution in [1.29, 1.82) is 0 Å². The Morgan fingerprint density at radius 3 is 1.98 bits per heavy atom. The molecule has 0 N–H and O–H groups in total. The first-order valence-corrected chi connectivity index (χ1v) is 20.7. The fraction of sp³-hybridized carbons (Fsp3) is 0.447. The lowest BCUT2D eigenvalue weighted by Crippen LogP contribution is -2.43. The van der Waals surface area contributed by atoms with E-state index in [0.29, 0.717) is 22.6 Å². The molecule has 4 bridgehead atoms. The lowest BCUT2D eigenvalue weighted by molar-refractivity contribution is -0.179. The zero-order chi connectivity index (χ0) is 44.8. The van der Waals surface area contributed by atoms with Crippen molar-refractivity contribution >= 4 is 47.6 Å². The van der Waals surface area contributed by atoms with Gasteiger partial charge in [0.05, 0.1) is 33.9 Å². The van der Waals surface area contributed by atoms with Crippen molar-refractivity contribution in [3.63, 3.8) is 0 Å². The van der Waals surface area contributed by atoms with Crippen LogP contribution in [0, 0.1) is 11.8 Å². The molecule has 2 fully saturated rings. The summed E-state index contributed by atoms with van der Waals surface area (Å²) in [5.74, 6) is -1.81. The minimum Gasteiger partial charge on any atom is -0.497 e. The predicted octanol–water partition coefficient (Wildman–Crippen LogP) is 6.59. The molecule has 11 atom stereocenters. The van der Waals surface area contributed by atoms with E-state index in [9.17, 15) is 19.2 Å². The zero-order valence-corrected chi connectivity index (χ0v) is 36.6. The van der Waals surface area contributed by atoms with Crippen molar-refractivity contribution in [3.8, 4) is 11.5 Å². The van der Waals surface area contributed by atoms with Crippen LogP contribution in [-0.4, -0.2) is 114 Å². The molecule has 3 heterocycles. The molecule has 334 valence electrons. The zero-order valence-electron chi connectivity index (χ0n) is 35.9. The summed E-state index contributed by atoms with van der Waals surface area (Å²) in [6.45, 7) is 3.69. The van der Waals surface area contributed by atoms with Crippen LogP contribution in [0.5, 0.6) is 11.5 Å². The number of allylic oxidation sites excluding steroid dienone is 3. The van der Waals surface area contributed by atoms with Crippen LogP contribution in [-0.2, 0) is 57.1 Å². The highest BCUT2D eigenvalue weighted by Crippen LogP contribution is 2.37. The second-order valence-electron chi connectivity index (χ2n) is 15.1. The van der Waals surface area contributed by atoms with Crippen LogP contribution in [0.2, 0.25) is 0 Å². The molecule has 0 amide bonds. The molecule has 0 radical (unpaired) electrons. The molecule has 14 nitrogen and oxygen atoms in total. The summed E-state index contributed by atoms with van der Waals surface area (Å²) >= 11 is 6.90. The Hall–Kier alpha value is -5.25. The highest BCUT2D eigenvalue weighted by molar-refractivity contribution is 6.30. The largest absolute Gasteiger partial charge is 0.497 e. The number of rotatable bonds is 15. The molecular weight excluding hydrogens is 824 g/mol. The van der Waals surface area contributed by atoms with Crippen molar-refractivity contribution in [3.05, 3.63) is 107 Å². The first kappa shape index (κ1) is 47.8. The molecule has 62 heavy (non-hydrogen) atoms. The normalized spacial score (nSPS) is 28.4. The summed E-state index contributed by atoms with van der Waals surface area (Å²) in [7, 11) is 7.43. The Balaban J connectivity index is 1.49. The van der Waals surface area contributed by atoms with E-state index in [-0.39, 0.29) is 36.2 Å². The van der Waals surface area contributed by atoms with E-state index in [2.05, 4.69) is 0 Å². The van der Waals surface area contributed by atoms with Gasteiger partial charge < -0.3 is 47.4 Å². The van der Waals surface area contributed by atoms with Gasteiger partial charge in [0.2, 0.25) is 0 Å². The average molecular weight is 879 g/mol. The van der Waals surface area contributed by atoms with Gasteiger partial charge in [-0.3, -0.25) is 4.79 Å². The maximum Gasteiger partial charge on any atom is 0.335 e. The number of halogens is 1. The molecule has 0 unspecified atom stereocenters. The number of carbonyl (C=O) groups is 4. The number of hydrogen-bond donors (Lipinski definition) is 0. The number of carbonyl (C=O) groups excluding carboxylic acids is 4. The van der Waals surface area contributed by atoms with Crippen LogP contribution >= 0.6 is 11.6 Å². The van der Waals surface area contributed by atoms with E-state index in [1.807, 2.05) is 19.9 Å². The van der Waals surface area contributed by atoms with Crippen LogP contribution < -0.4 is 9.47 Å². The number of hydrogen-bond acceptors (Lipinski definition) is 14. The predicted molar refractivity (Wildman–Crippen MR) is 229 cm³/mol. The minimum atomic E-state index is -1.24. The van der Waals surface area contributed by atoms with Gasteiger partial charge >= 0.3 is 23.9 Å². The number of benzene rings is 2. The van der Waals surface area contributed by atoms with Gasteiger partial charge in [0, 0.05) is 37.8 Å². The van der Waals surface area contributed by atoms with Crippen molar-refractivity contribution in [2.75, 3.05) is 35.5 Å². The standard InChI is InChI=1S/C47H55ClO14/c1-28(25-42(51)56-6)11-22-35(55-5)45-39-27-38(60-45)44(57-7)34(48)9-8-10-36(58-40(49)23-16-30-12-18-32(53-3)19-13-30)46(37-26-29(2)43(59-37)47(52)61-39)62-41(50)24-17-31-14-20-33(54-4)21-15-31/h8-24,28-29,35-39,43-46H,25-27H2,1-7H3/b10-8?,22-11+,23-16+,24-17+,34-9-/t28-,29+,35+,36+,37+,38+,39-,43+,44+,45-,46+/m0/s1. The highest BCUT2D eigenvalue weighted by Gasteiger charge is 2.50. The number of methoxy groups -OCH3 is 5. The first-order valence-electron chi connectivity index (χ1n) is 20.3. The van der Waals surface area contributed by atoms with Crippen molar-refractivity contribution in [1.82, 2.24) is 0 Å². The fourth-order valence-corrected chi connectivity index (χ4v) is 7.70. The third-order valence-electron chi connectivity index (χ3n) is 10.7. The second-order valence-corrected chi connectivity index (χ2v) is 15.5. The van der Waals surface area contributed by atoms with Gasteiger partial charge in [0.15, 0.2) is 18.3 Å². The van der Waals surface area contributed by atoms with Crippen LogP contribution in [0.4, 0.5) is 0 Å². The van der Waals surface area contributed by atoms with E-state index in [0.717, 1.165) is 0 Å². The maximum atomic E-state index is 14.1. The smallest absolute Gasteiger partial charge is 0.335 e. The Bertz CT molecular complexity index is 1970. The van der Waals surface area contributed by atoms with Crippen molar-refractivity contribution in [2.24, 2.45) is 11.8 Å². The molecule has 5 rings (SSSR count). The fourth-order valence-electron chi connectivity index (χ4n) is 7.40. The Labute approximate surface area is 367 Å². The van der Waals surface area contributed by atoms with Gasteiger partial charge in [-0.15, -0.1) is 0 Å². The molecule has 15 heteroatoms. The van der Waals surface area contributed by atoms with E-state index in [4.69, 9.17) is 59.0 Å². The quantitative estimate of drug-likeness (QED) is 0.0815. The van der Waals surface area contributed by atoms with Crippen LogP contribution in [0.15, 0.2) is 96.1 Å². The van der Waals surface area contributed by atoms with Gasteiger partial charge in [-0.25, -0.2) is 14.4 Å². The average Bonchev–Trinajstić information content (AvgIpc) is 3.87. The van der Waals surface area contributed by atoms with Gasteiger partial charge in [0.25, 0.3) is 0 Å².